The summed E-state index contributed by atoms with van der Waals surface area (Å²) < 4.78 is 10.2. The summed E-state index contributed by atoms with van der Waals surface area (Å²) in [6.45, 7) is -0.480. The number of carbonyl (C=O) groups excluding carboxylic acids is 1. The Morgan fingerprint density at radius 3 is 1.88 bits per heavy atom. The molecule has 0 aliphatic rings. The van der Waals surface area contributed by atoms with Crippen LogP contribution in [-0.2, 0) is 9.53 Å². The summed E-state index contributed by atoms with van der Waals surface area (Å²) in [6.07, 6.45) is 0. The third-order valence-corrected chi connectivity index (χ3v) is 5.08. The van der Waals surface area contributed by atoms with E-state index < -0.39 is 29.4 Å². The average molecular weight is 432 g/mol. The number of carbonyl (C=O) groups is 1. The van der Waals surface area contributed by atoms with Gasteiger partial charge >= 0.3 is 5.97 Å². The quantitative estimate of drug-likeness (QED) is 0.219. The molecule has 32 heavy (non-hydrogen) atoms. The monoisotopic (exact) mass is 432 g/mol. The Hall–Kier alpha value is -4.00. The van der Waals surface area contributed by atoms with Crippen LogP contribution in [0.2, 0.25) is 0 Å². The fourth-order valence-electron chi connectivity index (χ4n) is 3.47. The zero-order chi connectivity index (χ0) is 22.9. The van der Waals surface area contributed by atoms with Crippen molar-refractivity contribution in [3.05, 3.63) is 112 Å². The normalized spacial score (nSPS) is 12.3. The van der Waals surface area contributed by atoms with Gasteiger partial charge in [0, 0.05) is 16.1 Å². The van der Waals surface area contributed by atoms with Crippen molar-refractivity contribution in [1.82, 2.24) is 0 Å². The molecule has 0 N–H and O–H groups in total. The molecule has 0 saturated carbocycles. The van der Waals surface area contributed by atoms with Crippen LogP contribution >= 0.6 is 0 Å². The highest BCUT2D eigenvalue weighted by molar-refractivity contribution is 6.13. The van der Waals surface area contributed by atoms with Crippen molar-refractivity contribution in [1.29, 1.82) is 0 Å². The Morgan fingerprint density at radius 1 is 0.906 bits per heavy atom. The van der Waals surface area contributed by atoms with Crippen LogP contribution in [0.3, 0.4) is 0 Å². The maximum Gasteiger partial charge on any atom is 0.331 e. The first-order chi connectivity index (χ1) is 15.5. The number of rotatable bonds is 9. The molecule has 2 atom stereocenters. The zero-order valence-electron chi connectivity index (χ0n) is 17.9. The minimum Gasteiger partial charge on any atom is -0.497 e. The van der Waals surface area contributed by atoms with Gasteiger partial charge in [-0.3, -0.25) is 15.1 Å². The molecule has 0 spiro atoms. The Morgan fingerprint density at radius 2 is 1.44 bits per heavy atom. The number of ether oxygens (including phenoxy) is 2. The molecule has 7 nitrogen and oxygen atoms in total. The van der Waals surface area contributed by atoms with Crippen LogP contribution in [0.25, 0.3) is 0 Å². The molecule has 0 unspecified atom stereocenters. The molecular formula is C25H24N2O5. The van der Waals surface area contributed by atoms with Crippen molar-refractivity contribution >= 4 is 11.7 Å². The van der Waals surface area contributed by atoms with Gasteiger partial charge in [0.25, 0.3) is 0 Å². The van der Waals surface area contributed by atoms with Gasteiger partial charge in [-0.15, -0.1) is 0 Å². The lowest BCUT2D eigenvalue weighted by Crippen LogP contribution is -2.33. The molecule has 0 aromatic heterocycles. The van der Waals surface area contributed by atoms with Gasteiger partial charge in [0.15, 0.2) is 6.04 Å². The molecule has 3 rings (SSSR count). The smallest absolute Gasteiger partial charge is 0.331 e. The lowest BCUT2D eigenvalue weighted by atomic mass is 9.90. The van der Waals surface area contributed by atoms with Gasteiger partial charge < -0.3 is 9.47 Å². The van der Waals surface area contributed by atoms with E-state index in [0.29, 0.717) is 17.0 Å². The fourth-order valence-corrected chi connectivity index (χ4v) is 3.47. The number of nitrogens with zero attached hydrogens (tertiary/aromatic N) is 2. The van der Waals surface area contributed by atoms with Crippen LogP contribution in [0.5, 0.6) is 5.75 Å². The van der Waals surface area contributed by atoms with E-state index in [0.717, 1.165) is 11.1 Å². The number of hydrogen-bond acceptors (Lipinski definition) is 6. The molecule has 0 fully saturated rings. The van der Waals surface area contributed by atoms with Gasteiger partial charge in [0.2, 0.25) is 6.54 Å². The average Bonchev–Trinajstić information content (AvgIpc) is 2.84. The van der Waals surface area contributed by atoms with Gasteiger partial charge in [0.05, 0.1) is 25.8 Å². The van der Waals surface area contributed by atoms with Crippen molar-refractivity contribution in [3.63, 3.8) is 0 Å². The molecule has 164 valence electrons. The highest BCUT2D eigenvalue weighted by Gasteiger charge is 2.35. The number of nitro groups is 1. The van der Waals surface area contributed by atoms with E-state index in [9.17, 15) is 14.9 Å². The van der Waals surface area contributed by atoms with Crippen molar-refractivity contribution in [2.75, 3.05) is 20.8 Å². The minimum atomic E-state index is -1.12. The largest absolute Gasteiger partial charge is 0.497 e. The minimum absolute atomic E-state index is 0.439. The summed E-state index contributed by atoms with van der Waals surface area (Å²) in [4.78, 5) is 28.7. The number of benzene rings is 3. The molecule has 3 aromatic carbocycles. The molecule has 3 aromatic rings. The SMILES string of the molecule is COC(=O)[C@@H](N=C(c1ccccc1)c1ccccc1)[C@H](C[N+](=O)[O-])c1ccc(OC)cc1. The molecule has 0 aliphatic heterocycles. The van der Waals surface area contributed by atoms with Gasteiger partial charge in [-0.25, -0.2) is 4.79 Å². The second kappa shape index (κ2) is 10.9. The van der Waals surface area contributed by atoms with Crippen LogP contribution in [-0.4, -0.2) is 43.4 Å². The van der Waals surface area contributed by atoms with Crippen molar-refractivity contribution < 1.29 is 19.2 Å². The first kappa shape index (κ1) is 22.7. The van der Waals surface area contributed by atoms with Crippen LogP contribution in [0, 0.1) is 10.1 Å². The zero-order valence-corrected chi connectivity index (χ0v) is 17.9. The third-order valence-electron chi connectivity index (χ3n) is 5.08. The molecule has 0 saturated heterocycles. The molecule has 0 amide bonds. The number of hydrogen-bond donors (Lipinski definition) is 0. The van der Waals surface area contributed by atoms with Crippen LogP contribution in [0.1, 0.15) is 22.6 Å². The number of methoxy groups -OCH3 is 2. The highest BCUT2D eigenvalue weighted by atomic mass is 16.6. The van der Waals surface area contributed by atoms with Crippen LogP contribution in [0.15, 0.2) is 89.9 Å². The van der Waals surface area contributed by atoms with Gasteiger partial charge in [0.1, 0.15) is 5.75 Å². The third kappa shape index (κ3) is 5.57. The van der Waals surface area contributed by atoms with E-state index in [1.54, 1.807) is 24.3 Å². The maximum absolute atomic E-state index is 12.9. The molecule has 0 aliphatic carbocycles. The lowest BCUT2D eigenvalue weighted by molar-refractivity contribution is -0.483. The predicted molar refractivity (Wildman–Crippen MR) is 122 cm³/mol. The summed E-state index contributed by atoms with van der Waals surface area (Å²) in [5, 5.41) is 11.5. The summed E-state index contributed by atoms with van der Waals surface area (Å²) in [6, 6.07) is 24.5. The molecule has 0 bridgehead atoms. The summed E-state index contributed by atoms with van der Waals surface area (Å²) in [5.41, 5.74) is 2.75. The Labute approximate surface area is 186 Å². The van der Waals surface area contributed by atoms with Crippen LogP contribution < -0.4 is 4.74 Å². The van der Waals surface area contributed by atoms with Crippen molar-refractivity contribution in [3.8, 4) is 5.75 Å². The molecule has 0 radical (unpaired) electrons. The van der Waals surface area contributed by atoms with E-state index in [-0.39, 0.29) is 0 Å². The first-order valence-corrected chi connectivity index (χ1v) is 10.1. The lowest BCUT2D eigenvalue weighted by Gasteiger charge is -2.21. The number of aliphatic imine (C=N–C) groups is 1. The van der Waals surface area contributed by atoms with Crippen molar-refractivity contribution in [2.24, 2.45) is 4.99 Å². The van der Waals surface area contributed by atoms with E-state index in [2.05, 4.69) is 0 Å². The Kier molecular flexibility index (Phi) is 7.70. The van der Waals surface area contributed by atoms with Gasteiger partial charge in [-0.05, 0) is 17.7 Å². The summed E-state index contributed by atoms with van der Waals surface area (Å²) in [5.74, 6) is -0.858. The second-order valence-corrected chi connectivity index (χ2v) is 7.07. The molecular weight excluding hydrogens is 408 g/mol. The van der Waals surface area contributed by atoms with Gasteiger partial charge in [-0.2, -0.15) is 0 Å². The fraction of sp³-hybridized carbons (Fsp3) is 0.200. The van der Waals surface area contributed by atoms with Crippen molar-refractivity contribution in [2.45, 2.75) is 12.0 Å². The highest BCUT2D eigenvalue weighted by Crippen LogP contribution is 2.27. The molecule has 7 heteroatoms. The Balaban J connectivity index is 2.16. The molecule has 0 heterocycles. The summed E-state index contributed by atoms with van der Waals surface area (Å²) in [7, 11) is 2.80. The van der Waals surface area contributed by atoms with E-state index in [4.69, 9.17) is 14.5 Å². The standard InChI is InChI=1S/C25H24N2O5/c1-31-21-15-13-18(14-16-21)22(17-27(29)30)24(25(28)32-2)26-23(19-9-5-3-6-10-19)20-11-7-4-8-12-20/h3-16,22,24H,17H2,1-2H3/t22-,24+/m1/s1. The summed E-state index contributed by atoms with van der Waals surface area (Å²) >= 11 is 0. The first-order valence-electron chi connectivity index (χ1n) is 10.1. The predicted octanol–water partition coefficient (Wildman–Crippen LogP) is 4.13. The number of esters is 1. The van der Waals surface area contributed by atoms with Gasteiger partial charge in [-0.1, -0.05) is 72.8 Å². The van der Waals surface area contributed by atoms with E-state index in [1.165, 1.54) is 14.2 Å². The van der Waals surface area contributed by atoms with E-state index in [1.807, 2.05) is 60.7 Å². The maximum atomic E-state index is 12.9. The topological polar surface area (TPSA) is 91.0 Å². The Bertz CT molecular complexity index is 1030. The second-order valence-electron chi connectivity index (χ2n) is 7.07. The van der Waals surface area contributed by atoms with Crippen LogP contribution in [0.4, 0.5) is 0 Å². The van der Waals surface area contributed by atoms with E-state index >= 15 is 0 Å².